The summed E-state index contributed by atoms with van der Waals surface area (Å²) in [6, 6.07) is 0. The maximum Gasteiger partial charge on any atom is 0.302 e. The van der Waals surface area contributed by atoms with E-state index in [1.165, 1.54) is 6.92 Å². The SMILES string of the molecule is CC[C@H](OC(C)=O)C1CCCO1. The minimum atomic E-state index is -0.211. The zero-order valence-corrected chi connectivity index (χ0v) is 7.71. The van der Waals surface area contributed by atoms with Gasteiger partial charge in [-0.3, -0.25) is 4.79 Å². The van der Waals surface area contributed by atoms with Crippen LogP contribution in [-0.2, 0) is 14.3 Å². The predicted molar refractivity (Wildman–Crippen MR) is 44.8 cm³/mol. The lowest BCUT2D eigenvalue weighted by Crippen LogP contribution is -2.29. The fourth-order valence-electron chi connectivity index (χ4n) is 1.53. The van der Waals surface area contributed by atoms with Crippen molar-refractivity contribution in [3.63, 3.8) is 0 Å². The average Bonchev–Trinajstić information content (AvgIpc) is 2.51. The van der Waals surface area contributed by atoms with Crippen LogP contribution in [0.3, 0.4) is 0 Å². The van der Waals surface area contributed by atoms with E-state index in [-0.39, 0.29) is 18.2 Å². The Morgan fingerprint density at radius 3 is 2.92 bits per heavy atom. The fraction of sp³-hybridized carbons (Fsp3) is 0.889. The molecule has 1 heterocycles. The Kier molecular flexibility index (Phi) is 3.53. The Balaban J connectivity index is 2.37. The third kappa shape index (κ3) is 2.48. The third-order valence-corrected chi connectivity index (χ3v) is 2.10. The first kappa shape index (κ1) is 9.52. The van der Waals surface area contributed by atoms with Gasteiger partial charge in [-0.1, -0.05) is 6.92 Å². The molecule has 0 aliphatic carbocycles. The quantitative estimate of drug-likeness (QED) is 0.605. The minimum absolute atomic E-state index is 0.0370. The molecule has 12 heavy (non-hydrogen) atoms. The van der Waals surface area contributed by atoms with E-state index in [0.29, 0.717) is 0 Å². The van der Waals surface area contributed by atoms with Crippen molar-refractivity contribution in [3.8, 4) is 0 Å². The van der Waals surface area contributed by atoms with Gasteiger partial charge in [-0.2, -0.15) is 0 Å². The number of rotatable bonds is 3. The van der Waals surface area contributed by atoms with Crippen molar-refractivity contribution in [2.45, 2.75) is 45.3 Å². The molecule has 3 nitrogen and oxygen atoms in total. The van der Waals surface area contributed by atoms with Gasteiger partial charge in [0, 0.05) is 13.5 Å². The molecule has 0 saturated carbocycles. The molecule has 1 aliphatic heterocycles. The topological polar surface area (TPSA) is 35.5 Å². The van der Waals surface area contributed by atoms with Crippen molar-refractivity contribution in [2.24, 2.45) is 0 Å². The molecular weight excluding hydrogens is 156 g/mol. The van der Waals surface area contributed by atoms with Crippen LogP contribution in [-0.4, -0.2) is 24.8 Å². The molecule has 1 saturated heterocycles. The van der Waals surface area contributed by atoms with E-state index < -0.39 is 0 Å². The maximum atomic E-state index is 10.7. The molecule has 0 aromatic carbocycles. The molecule has 1 aliphatic rings. The third-order valence-electron chi connectivity index (χ3n) is 2.10. The highest BCUT2D eigenvalue weighted by molar-refractivity contribution is 5.66. The molecule has 70 valence electrons. The van der Waals surface area contributed by atoms with Crippen LogP contribution in [0.4, 0.5) is 0 Å². The Bertz CT molecular complexity index is 150. The lowest BCUT2D eigenvalue weighted by atomic mass is 10.1. The van der Waals surface area contributed by atoms with E-state index in [4.69, 9.17) is 9.47 Å². The molecule has 2 atom stereocenters. The summed E-state index contributed by atoms with van der Waals surface area (Å²) in [6.45, 7) is 4.26. The predicted octanol–water partition coefficient (Wildman–Crippen LogP) is 1.51. The van der Waals surface area contributed by atoms with E-state index in [1.54, 1.807) is 0 Å². The normalized spacial score (nSPS) is 25.3. The van der Waals surface area contributed by atoms with Gasteiger partial charge in [0.2, 0.25) is 0 Å². The molecule has 0 radical (unpaired) electrons. The van der Waals surface area contributed by atoms with E-state index in [0.717, 1.165) is 25.9 Å². The van der Waals surface area contributed by atoms with Crippen molar-refractivity contribution < 1.29 is 14.3 Å². The van der Waals surface area contributed by atoms with E-state index >= 15 is 0 Å². The van der Waals surface area contributed by atoms with Gasteiger partial charge < -0.3 is 9.47 Å². The monoisotopic (exact) mass is 172 g/mol. The van der Waals surface area contributed by atoms with Crippen molar-refractivity contribution in [1.82, 2.24) is 0 Å². The Morgan fingerprint density at radius 1 is 1.75 bits per heavy atom. The van der Waals surface area contributed by atoms with Crippen molar-refractivity contribution >= 4 is 5.97 Å². The second-order valence-corrected chi connectivity index (χ2v) is 3.11. The first-order valence-corrected chi connectivity index (χ1v) is 4.53. The highest BCUT2D eigenvalue weighted by Gasteiger charge is 2.26. The van der Waals surface area contributed by atoms with Gasteiger partial charge in [0.05, 0.1) is 6.10 Å². The van der Waals surface area contributed by atoms with Gasteiger partial charge in [-0.05, 0) is 19.3 Å². The molecule has 1 rings (SSSR count). The molecule has 1 fully saturated rings. The van der Waals surface area contributed by atoms with E-state index in [2.05, 4.69) is 0 Å². The smallest absolute Gasteiger partial charge is 0.302 e. The number of hydrogen-bond donors (Lipinski definition) is 0. The standard InChI is InChI=1S/C9H16O3/c1-3-8(12-7(2)10)9-5-4-6-11-9/h8-9H,3-6H2,1-2H3/t8-,9?/m0/s1. The van der Waals surface area contributed by atoms with Crippen LogP contribution in [0.2, 0.25) is 0 Å². The first-order chi connectivity index (χ1) is 5.74. The molecular formula is C9H16O3. The number of hydrogen-bond acceptors (Lipinski definition) is 3. The number of ether oxygens (including phenoxy) is 2. The molecule has 0 N–H and O–H groups in total. The van der Waals surface area contributed by atoms with Crippen LogP contribution < -0.4 is 0 Å². The summed E-state index contributed by atoms with van der Waals surface area (Å²) in [6.07, 6.45) is 3.04. The van der Waals surface area contributed by atoms with Crippen molar-refractivity contribution in [3.05, 3.63) is 0 Å². The number of esters is 1. The highest BCUT2D eigenvalue weighted by Crippen LogP contribution is 2.19. The lowest BCUT2D eigenvalue weighted by molar-refractivity contribution is -0.153. The van der Waals surface area contributed by atoms with Crippen LogP contribution in [0, 0.1) is 0 Å². The molecule has 3 heteroatoms. The van der Waals surface area contributed by atoms with Gasteiger partial charge in [-0.15, -0.1) is 0 Å². The van der Waals surface area contributed by atoms with Gasteiger partial charge in [-0.25, -0.2) is 0 Å². The van der Waals surface area contributed by atoms with Crippen LogP contribution >= 0.6 is 0 Å². The van der Waals surface area contributed by atoms with Crippen LogP contribution in [0.25, 0.3) is 0 Å². The summed E-state index contributed by atoms with van der Waals surface area (Å²) >= 11 is 0. The second-order valence-electron chi connectivity index (χ2n) is 3.11. The Morgan fingerprint density at radius 2 is 2.50 bits per heavy atom. The molecule has 0 amide bonds. The van der Waals surface area contributed by atoms with E-state index in [1.807, 2.05) is 6.92 Å². The zero-order chi connectivity index (χ0) is 8.97. The van der Waals surface area contributed by atoms with Crippen LogP contribution in [0.1, 0.15) is 33.1 Å². The lowest BCUT2D eigenvalue weighted by Gasteiger charge is -2.20. The Labute approximate surface area is 73.0 Å². The fourth-order valence-corrected chi connectivity index (χ4v) is 1.53. The molecule has 0 aromatic heterocycles. The molecule has 0 bridgehead atoms. The van der Waals surface area contributed by atoms with Crippen LogP contribution in [0.5, 0.6) is 0 Å². The largest absolute Gasteiger partial charge is 0.460 e. The van der Waals surface area contributed by atoms with Gasteiger partial charge in [0.25, 0.3) is 0 Å². The van der Waals surface area contributed by atoms with E-state index in [9.17, 15) is 4.79 Å². The number of carbonyl (C=O) groups excluding carboxylic acids is 1. The van der Waals surface area contributed by atoms with Crippen LogP contribution in [0.15, 0.2) is 0 Å². The van der Waals surface area contributed by atoms with Gasteiger partial charge in [0.1, 0.15) is 6.10 Å². The first-order valence-electron chi connectivity index (χ1n) is 4.53. The average molecular weight is 172 g/mol. The second kappa shape index (κ2) is 4.45. The number of carbonyl (C=O) groups is 1. The summed E-state index contributed by atoms with van der Waals surface area (Å²) in [5, 5.41) is 0. The summed E-state index contributed by atoms with van der Waals surface area (Å²) in [5.74, 6) is -0.211. The van der Waals surface area contributed by atoms with Gasteiger partial charge >= 0.3 is 5.97 Å². The maximum absolute atomic E-state index is 10.7. The zero-order valence-electron chi connectivity index (χ0n) is 7.71. The highest BCUT2D eigenvalue weighted by atomic mass is 16.6. The summed E-state index contributed by atoms with van der Waals surface area (Å²) in [5.41, 5.74) is 0. The Hall–Kier alpha value is -0.570. The molecule has 0 spiro atoms. The van der Waals surface area contributed by atoms with Crippen molar-refractivity contribution in [1.29, 1.82) is 0 Å². The molecule has 0 aromatic rings. The summed E-state index contributed by atoms with van der Waals surface area (Å²) in [7, 11) is 0. The minimum Gasteiger partial charge on any atom is -0.460 e. The molecule has 1 unspecified atom stereocenters. The summed E-state index contributed by atoms with van der Waals surface area (Å²) < 4.78 is 10.5. The summed E-state index contributed by atoms with van der Waals surface area (Å²) in [4.78, 5) is 10.7. The van der Waals surface area contributed by atoms with Crippen molar-refractivity contribution in [2.75, 3.05) is 6.61 Å². The van der Waals surface area contributed by atoms with Gasteiger partial charge in [0.15, 0.2) is 0 Å².